The van der Waals surface area contributed by atoms with Crippen molar-refractivity contribution in [3.8, 4) is 11.3 Å². The van der Waals surface area contributed by atoms with Gasteiger partial charge in [0.2, 0.25) is 5.95 Å². The van der Waals surface area contributed by atoms with Gasteiger partial charge in [-0.15, -0.1) is 5.10 Å². The molecule has 5 heteroatoms. The van der Waals surface area contributed by atoms with Gasteiger partial charge in [-0.3, -0.25) is 5.41 Å². The molecular formula is C16H15N5. The molecule has 5 nitrogen and oxygen atoms in total. The minimum Gasteiger partial charge on any atom is -0.323 e. The van der Waals surface area contributed by atoms with Gasteiger partial charge in [0.15, 0.2) is 5.49 Å². The number of hydrogen-bond donors (Lipinski definition) is 2. The number of nitrogens with one attached hydrogen (secondary N) is 2. The molecule has 0 saturated heterocycles. The van der Waals surface area contributed by atoms with Crippen LogP contribution in [0, 0.1) is 5.41 Å². The number of hydrogen-bond acceptors (Lipinski definition) is 4. The Balaban J connectivity index is 2.04. The Morgan fingerprint density at radius 2 is 1.57 bits per heavy atom. The highest BCUT2D eigenvalue weighted by Gasteiger charge is 2.08. The predicted molar refractivity (Wildman–Crippen MR) is 82.0 cm³/mol. The Hall–Kier alpha value is -2.95. The van der Waals surface area contributed by atoms with Crippen LogP contribution in [-0.4, -0.2) is 14.8 Å². The first-order valence-electron chi connectivity index (χ1n) is 6.61. The highest BCUT2D eigenvalue weighted by Crippen LogP contribution is 2.15. The number of aryl methyl sites for hydroxylation is 1. The van der Waals surface area contributed by atoms with Crippen molar-refractivity contribution in [2.45, 2.75) is 0 Å². The second-order valence-electron chi connectivity index (χ2n) is 4.61. The zero-order chi connectivity index (χ0) is 14.7. The van der Waals surface area contributed by atoms with Crippen LogP contribution in [-0.2, 0) is 7.05 Å². The van der Waals surface area contributed by atoms with E-state index in [1.54, 1.807) is 7.05 Å². The van der Waals surface area contributed by atoms with E-state index in [0.29, 0.717) is 11.6 Å². The standard InChI is InChI=1S/C16H15N5/c1-21-15(17)14(12-8-4-2-5-9-12)19-16(20-21)18-13-10-6-3-7-11-13/h2-11,17H,1H3,(H,18,20). The first kappa shape index (κ1) is 13.1. The molecule has 21 heavy (non-hydrogen) atoms. The Kier molecular flexibility index (Phi) is 3.47. The maximum absolute atomic E-state index is 8.12. The average molecular weight is 277 g/mol. The summed E-state index contributed by atoms with van der Waals surface area (Å²) in [5, 5.41) is 15.5. The molecule has 0 spiro atoms. The summed E-state index contributed by atoms with van der Waals surface area (Å²) in [5.74, 6) is 0.471. The predicted octanol–water partition coefficient (Wildman–Crippen LogP) is 2.71. The Labute approximate surface area is 122 Å². The molecule has 0 aliphatic carbocycles. The number of aromatic nitrogens is 3. The molecule has 104 valence electrons. The molecule has 3 aromatic rings. The van der Waals surface area contributed by atoms with E-state index < -0.39 is 0 Å². The maximum Gasteiger partial charge on any atom is 0.245 e. The van der Waals surface area contributed by atoms with Gasteiger partial charge in [0, 0.05) is 18.3 Å². The molecule has 0 amide bonds. The fraction of sp³-hybridized carbons (Fsp3) is 0.0625. The van der Waals surface area contributed by atoms with E-state index in [1.165, 1.54) is 4.68 Å². The quantitative estimate of drug-likeness (QED) is 0.773. The summed E-state index contributed by atoms with van der Waals surface area (Å²) in [5.41, 5.74) is 2.69. The molecule has 0 aliphatic rings. The summed E-state index contributed by atoms with van der Waals surface area (Å²) in [4.78, 5) is 4.47. The van der Waals surface area contributed by atoms with Gasteiger partial charge >= 0.3 is 0 Å². The van der Waals surface area contributed by atoms with Gasteiger partial charge < -0.3 is 5.32 Å². The summed E-state index contributed by atoms with van der Waals surface area (Å²) in [6.07, 6.45) is 0. The van der Waals surface area contributed by atoms with Crippen molar-refractivity contribution in [1.29, 1.82) is 5.41 Å². The van der Waals surface area contributed by atoms with Crippen molar-refractivity contribution in [3.63, 3.8) is 0 Å². The van der Waals surface area contributed by atoms with Crippen molar-refractivity contribution in [3.05, 3.63) is 66.2 Å². The normalized spacial score (nSPS) is 10.3. The molecule has 0 fully saturated rings. The van der Waals surface area contributed by atoms with Crippen LogP contribution in [0.5, 0.6) is 0 Å². The smallest absolute Gasteiger partial charge is 0.245 e. The zero-order valence-corrected chi connectivity index (χ0v) is 11.6. The number of anilines is 2. The second-order valence-corrected chi connectivity index (χ2v) is 4.61. The summed E-state index contributed by atoms with van der Waals surface area (Å²) in [6, 6.07) is 19.4. The minimum absolute atomic E-state index is 0.278. The highest BCUT2D eigenvalue weighted by molar-refractivity contribution is 5.60. The molecule has 2 N–H and O–H groups in total. The second kappa shape index (κ2) is 5.58. The SMILES string of the molecule is Cn1nc(Nc2ccccc2)nc(-c2ccccc2)c1=N. The fourth-order valence-corrected chi connectivity index (χ4v) is 2.03. The van der Waals surface area contributed by atoms with E-state index in [0.717, 1.165) is 11.3 Å². The molecule has 0 bridgehead atoms. The molecule has 1 heterocycles. The van der Waals surface area contributed by atoms with E-state index in [1.807, 2.05) is 60.7 Å². The first-order valence-corrected chi connectivity index (χ1v) is 6.61. The van der Waals surface area contributed by atoms with Gasteiger partial charge in [-0.25, -0.2) is 9.67 Å². The van der Waals surface area contributed by atoms with Gasteiger partial charge in [0.1, 0.15) is 5.69 Å². The van der Waals surface area contributed by atoms with Crippen molar-refractivity contribution in [1.82, 2.24) is 14.8 Å². The molecule has 2 aromatic carbocycles. The third-order valence-electron chi connectivity index (χ3n) is 3.09. The maximum atomic E-state index is 8.12. The van der Waals surface area contributed by atoms with Crippen LogP contribution in [0.1, 0.15) is 0 Å². The van der Waals surface area contributed by atoms with E-state index in [2.05, 4.69) is 15.4 Å². The van der Waals surface area contributed by atoms with Crippen LogP contribution in [0.25, 0.3) is 11.3 Å². The van der Waals surface area contributed by atoms with Crippen LogP contribution in [0.2, 0.25) is 0 Å². The molecule has 0 atom stereocenters. The number of nitrogens with zero attached hydrogens (tertiary/aromatic N) is 3. The van der Waals surface area contributed by atoms with Gasteiger partial charge in [0.05, 0.1) is 0 Å². The zero-order valence-electron chi connectivity index (χ0n) is 11.6. The molecule has 1 aromatic heterocycles. The summed E-state index contributed by atoms with van der Waals surface area (Å²) in [6.45, 7) is 0. The topological polar surface area (TPSA) is 66.6 Å². The lowest BCUT2D eigenvalue weighted by Gasteiger charge is -2.09. The van der Waals surface area contributed by atoms with E-state index in [4.69, 9.17) is 5.41 Å². The van der Waals surface area contributed by atoms with Gasteiger partial charge in [-0.05, 0) is 12.1 Å². The summed E-state index contributed by atoms with van der Waals surface area (Å²) >= 11 is 0. The monoisotopic (exact) mass is 277 g/mol. The van der Waals surface area contributed by atoms with Crippen molar-refractivity contribution < 1.29 is 0 Å². The van der Waals surface area contributed by atoms with Crippen LogP contribution in [0.15, 0.2) is 60.7 Å². The van der Waals surface area contributed by atoms with Crippen LogP contribution < -0.4 is 10.8 Å². The fourth-order valence-electron chi connectivity index (χ4n) is 2.03. The van der Waals surface area contributed by atoms with E-state index in [-0.39, 0.29) is 5.49 Å². The van der Waals surface area contributed by atoms with Gasteiger partial charge in [0.25, 0.3) is 0 Å². The third kappa shape index (κ3) is 2.81. The average Bonchev–Trinajstić information content (AvgIpc) is 2.52. The molecule has 3 rings (SSSR count). The number of rotatable bonds is 3. The molecule has 0 saturated carbocycles. The van der Waals surface area contributed by atoms with Crippen LogP contribution >= 0.6 is 0 Å². The third-order valence-corrected chi connectivity index (χ3v) is 3.09. The Bertz CT molecular complexity index is 794. The van der Waals surface area contributed by atoms with Crippen LogP contribution in [0.4, 0.5) is 11.6 Å². The van der Waals surface area contributed by atoms with Crippen LogP contribution in [0.3, 0.4) is 0 Å². The first-order chi connectivity index (χ1) is 10.2. The lowest BCUT2D eigenvalue weighted by Crippen LogP contribution is -2.24. The lowest BCUT2D eigenvalue weighted by atomic mass is 10.1. The number of para-hydroxylation sites is 1. The van der Waals surface area contributed by atoms with Crippen molar-refractivity contribution >= 4 is 11.6 Å². The molecule has 0 aliphatic heterocycles. The minimum atomic E-state index is 0.278. The highest BCUT2D eigenvalue weighted by atomic mass is 15.3. The van der Waals surface area contributed by atoms with E-state index >= 15 is 0 Å². The van der Waals surface area contributed by atoms with Crippen molar-refractivity contribution in [2.24, 2.45) is 7.05 Å². The summed E-state index contributed by atoms with van der Waals surface area (Å²) < 4.78 is 1.51. The number of benzene rings is 2. The van der Waals surface area contributed by atoms with Gasteiger partial charge in [-0.2, -0.15) is 0 Å². The molecule has 0 radical (unpaired) electrons. The Morgan fingerprint density at radius 3 is 2.24 bits per heavy atom. The molecule has 0 unspecified atom stereocenters. The van der Waals surface area contributed by atoms with E-state index in [9.17, 15) is 0 Å². The Morgan fingerprint density at radius 1 is 0.952 bits per heavy atom. The van der Waals surface area contributed by atoms with Gasteiger partial charge in [-0.1, -0.05) is 48.5 Å². The lowest BCUT2D eigenvalue weighted by molar-refractivity contribution is 0.674. The van der Waals surface area contributed by atoms with Crippen molar-refractivity contribution in [2.75, 3.05) is 5.32 Å². The molecular weight excluding hydrogens is 262 g/mol. The summed E-state index contributed by atoms with van der Waals surface area (Å²) in [7, 11) is 1.74. The largest absolute Gasteiger partial charge is 0.323 e.